The minimum absolute atomic E-state index is 0.0406. The van der Waals surface area contributed by atoms with E-state index in [1.807, 2.05) is 0 Å². The third kappa shape index (κ3) is 5.38. The molecule has 0 heterocycles. The van der Waals surface area contributed by atoms with Gasteiger partial charge in [-0.25, -0.2) is 13.2 Å². The first-order chi connectivity index (χ1) is 14.3. The number of halogens is 2. The van der Waals surface area contributed by atoms with Gasteiger partial charge >= 0.3 is 6.03 Å². The van der Waals surface area contributed by atoms with Gasteiger partial charge in [-0.1, -0.05) is 65.7 Å². The molecule has 3 rings (SSSR count). The SMILES string of the molecule is O=C(NC(=O)c1ccccc1Cl)Nc1ccc(S(=O)(=O)Cc2ccccc2)c(Cl)c1. The van der Waals surface area contributed by atoms with Gasteiger partial charge in [0.1, 0.15) is 0 Å². The van der Waals surface area contributed by atoms with Crippen molar-refractivity contribution in [2.75, 3.05) is 5.32 Å². The lowest BCUT2D eigenvalue weighted by molar-refractivity contribution is 0.0967. The number of sulfone groups is 1. The summed E-state index contributed by atoms with van der Waals surface area (Å²) in [5, 5.41) is 4.75. The van der Waals surface area contributed by atoms with E-state index >= 15 is 0 Å². The molecule has 0 unspecified atom stereocenters. The summed E-state index contributed by atoms with van der Waals surface area (Å²) in [5.41, 5.74) is 1.01. The molecular formula is C21H16Cl2N2O4S. The van der Waals surface area contributed by atoms with Crippen LogP contribution in [-0.2, 0) is 15.6 Å². The van der Waals surface area contributed by atoms with Crippen molar-refractivity contribution in [2.24, 2.45) is 0 Å². The Bertz CT molecular complexity index is 1200. The van der Waals surface area contributed by atoms with Gasteiger partial charge in [0.2, 0.25) is 0 Å². The van der Waals surface area contributed by atoms with Crippen molar-refractivity contribution >= 4 is 50.7 Å². The molecule has 0 saturated heterocycles. The van der Waals surface area contributed by atoms with Crippen LogP contribution in [0.2, 0.25) is 10.0 Å². The Labute approximate surface area is 183 Å². The van der Waals surface area contributed by atoms with Gasteiger partial charge in [-0.3, -0.25) is 10.1 Å². The van der Waals surface area contributed by atoms with Crippen LogP contribution in [0, 0.1) is 0 Å². The maximum Gasteiger partial charge on any atom is 0.326 e. The molecule has 0 aliphatic rings. The first-order valence-corrected chi connectivity index (χ1v) is 11.1. The summed E-state index contributed by atoms with van der Waals surface area (Å²) < 4.78 is 25.3. The molecule has 0 atom stereocenters. The third-order valence-corrected chi connectivity index (χ3v) is 6.56. The first-order valence-electron chi connectivity index (χ1n) is 8.69. The summed E-state index contributed by atoms with van der Waals surface area (Å²) in [4.78, 5) is 24.2. The summed E-state index contributed by atoms with van der Waals surface area (Å²) >= 11 is 12.1. The third-order valence-electron chi connectivity index (χ3n) is 4.07. The topological polar surface area (TPSA) is 92.3 Å². The Hall–Kier alpha value is -2.87. The zero-order valence-electron chi connectivity index (χ0n) is 15.4. The second kappa shape index (κ2) is 9.30. The zero-order valence-corrected chi connectivity index (χ0v) is 17.8. The number of hydrogen-bond acceptors (Lipinski definition) is 4. The molecular weight excluding hydrogens is 447 g/mol. The van der Waals surface area contributed by atoms with Crippen LogP contribution in [0.5, 0.6) is 0 Å². The Morgan fingerprint density at radius 2 is 1.50 bits per heavy atom. The Morgan fingerprint density at radius 1 is 0.833 bits per heavy atom. The largest absolute Gasteiger partial charge is 0.326 e. The van der Waals surface area contributed by atoms with Crippen molar-refractivity contribution in [1.82, 2.24) is 5.32 Å². The molecule has 3 aromatic carbocycles. The van der Waals surface area contributed by atoms with Gasteiger partial charge < -0.3 is 5.32 Å². The lowest BCUT2D eigenvalue weighted by atomic mass is 10.2. The minimum Gasteiger partial charge on any atom is -0.308 e. The number of rotatable bonds is 5. The fourth-order valence-corrected chi connectivity index (χ4v) is 4.85. The van der Waals surface area contributed by atoms with Crippen LogP contribution in [0.4, 0.5) is 10.5 Å². The highest BCUT2D eigenvalue weighted by Crippen LogP contribution is 2.27. The number of nitrogens with one attached hydrogen (secondary N) is 2. The van der Waals surface area contributed by atoms with Gasteiger partial charge in [0.25, 0.3) is 5.91 Å². The molecule has 0 bridgehead atoms. The highest BCUT2D eigenvalue weighted by atomic mass is 35.5. The minimum atomic E-state index is -3.68. The summed E-state index contributed by atoms with van der Waals surface area (Å²) in [7, 11) is -3.68. The Balaban J connectivity index is 1.70. The quantitative estimate of drug-likeness (QED) is 0.561. The maximum absolute atomic E-state index is 12.6. The van der Waals surface area contributed by atoms with E-state index in [0.29, 0.717) is 5.56 Å². The predicted molar refractivity (Wildman–Crippen MR) is 117 cm³/mol. The molecule has 0 fully saturated rings. The molecule has 0 spiro atoms. The molecule has 9 heteroatoms. The van der Waals surface area contributed by atoms with Gasteiger partial charge in [0, 0.05) is 5.69 Å². The molecule has 0 aromatic heterocycles. The van der Waals surface area contributed by atoms with Gasteiger partial charge in [0.05, 0.1) is 26.3 Å². The number of imide groups is 1. The van der Waals surface area contributed by atoms with E-state index < -0.39 is 21.8 Å². The van der Waals surface area contributed by atoms with Crippen LogP contribution in [0.3, 0.4) is 0 Å². The highest BCUT2D eigenvalue weighted by molar-refractivity contribution is 7.90. The Kier molecular flexibility index (Phi) is 6.77. The molecule has 0 radical (unpaired) electrons. The zero-order chi connectivity index (χ0) is 21.7. The van der Waals surface area contributed by atoms with Gasteiger partial charge in [-0.15, -0.1) is 0 Å². The van der Waals surface area contributed by atoms with Crippen LogP contribution in [0.1, 0.15) is 15.9 Å². The van der Waals surface area contributed by atoms with Gasteiger partial charge in [-0.2, -0.15) is 0 Å². The maximum atomic E-state index is 12.6. The molecule has 0 saturated carbocycles. The first kappa shape index (κ1) is 21.8. The van der Waals surface area contributed by atoms with Crippen LogP contribution >= 0.6 is 23.2 Å². The fraction of sp³-hybridized carbons (Fsp3) is 0.0476. The molecule has 0 aliphatic carbocycles. The molecule has 6 nitrogen and oxygen atoms in total. The molecule has 3 aromatic rings. The van der Waals surface area contributed by atoms with E-state index in [9.17, 15) is 18.0 Å². The molecule has 2 N–H and O–H groups in total. The lowest BCUT2D eigenvalue weighted by Gasteiger charge is -2.11. The van der Waals surface area contributed by atoms with Crippen molar-refractivity contribution in [3.05, 3.63) is 94.0 Å². The predicted octanol–water partition coefficient (Wildman–Crippen LogP) is 4.93. The smallest absolute Gasteiger partial charge is 0.308 e. The number of anilines is 1. The van der Waals surface area contributed by atoms with Crippen molar-refractivity contribution < 1.29 is 18.0 Å². The van der Waals surface area contributed by atoms with Crippen molar-refractivity contribution in [1.29, 1.82) is 0 Å². The van der Waals surface area contributed by atoms with E-state index in [4.69, 9.17) is 23.2 Å². The van der Waals surface area contributed by atoms with E-state index in [0.717, 1.165) is 0 Å². The summed E-state index contributed by atoms with van der Waals surface area (Å²) in [6.45, 7) is 0. The van der Waals surface area contributed by atoms with Crippen LogP contribution in [0.15, 0.2) is 77.7 Å². The normalized spacial score (nSPS) is 11.0. The van der Waals surface area contributed by atoms with Crippen molar-refractivity contribution in [2.45, 2.75) is 10.6 Å². The van der Waals surface area contributed by atoms with Crippen molar-refractivity contribution in [3.8, 4) is 0 Å². The van der Waals surface area contributed by atoms with E-state index in [2.05, 4.69) is 10.6 Å². The number of carbonyl (C=O) groups excluding carboxylic acids is 2. The van der Waals surface area contributed by atoms with Crippen LogP contribution in [0.25, 0.3) is 0 Å². The monoisotopic (exact) mass is 462 g/mol. The molecule has 30 heavy (non-hydrogen) atoms. The standard InChI is InChI=1S/C21H16Cl2N2O4S/c22-17-9-5-4-8-16(17)20(26)25-21(27)24-15-10-11-19(18(23)12-15)30(28,29)13-14-6-2-1-3-7-14/h1-12H,13H2,(H2,24,25,26,27). The summed E-state index contributed by atoms with van der Waals surface area (Å²) in [5.74, 6) is -0.876. The Morgan fingerprint density at radius 3 is 2.17 bits per heavy atom. The highest BCUT2D eigenvalue weighted by Gasteiger charge is 2.20. The van der Waals surface area contributed by atoms with Crippen LogP contribution < -0.4 is 10.6 Å². The number of hydrogen-bond donors (Lipinski definition) is 2. The van der Waals surface area contributed by atoms with Gasteiger partial charge in [0.15, 0.2) is 9.84 Å². The average molecular weight is 463 g/mol. The number of urea groups is 1. The molecule has 0 aliphatic heterocycles. The molecule has 3 amide bonds. The second-order valence-corrected chi connectivity index (χ2v) is 9.05. The summed E-state index contributed by atoms with van der Waals surface area (Å²) in [6.07, 6.45) is 0. The summed E-state index contributed by atoms with van der Waals surface area (Å²) in [6, 6.07) is 18.2. The number of benzene rings is 3. The van der Waals surface area contributed by atoms with E-state index in [-0.39, 0.29) is 31.9 Å². The van der Waals surface area contributed by atoms with Gasteiger partial charge in [-0.05, 0) is 35.9 Å². The van der Waals surface area contributed by atoms with Crippen LogP contribution in [-0.4, -0.2) is 20.4 Å². The number of carbonyl (C=O) groups is 2. The van der Waals surface area contributed by atoms with E-state index in [1.54, 1.807) is 42.5 Å². The van der Waals surface area contributed by atoms with E-state index in [1.165, 1.54) is 30.3 Å². The van der Waals surface area contributed by atoms with Crippen molar-refractivity contribution in [3.63, 3.8) is 0 Å². The fourth-order valence-electron chi connectivity index (χ4n) is 2.68. The lowest BCUT2D eigenvalue weighted by Crippen LogP contribution is -2.34. The average Bonchev–Trinajstić information content (AvgIpc) is 2.68. The number of amides is 3. The molecule has 154 valence electrons. The second-order valence-electron chi connectivity index (χ2n) is 6.28.